The number of hydrogen-bond acceptors (Lipinski definition) is 2. The number of carbonyl (C=O) groups is 1. The van der Waals surface area contributed by atoms with E-state index in [-0.39, 0.29) is 16.9 Å². The van der Waals surface area contributed by atoms with Gasteiger partial charge in [-0.3, -0.25) is 9.59 Å². The molecular weight excluding hydrogens is 336 g/mol. The lowest BCUT2D eigenvalue weighted by molar-refractivity contribution is 0.102. The lowest BCUT2D eigenvalue weighted by Gasteiger charge is -2.21. The van der Waals surface area contributed by atoms with E-state index in [1.165, 1.54) is 0 Å². The van der Waals surface area contributed by atoms with Crippen molar-refractivity contribution in [1.29, 1.82) is 0 Å². The van der Waals surface area contributed by atoms with Crippen LogP contribution >= 0.6 is 11.6 Å². The number of rotatable bonds is 2. The Labute approximate surface area is 150 Å². The second kappa shape index (κ2) is 6.37. The molecule has 0 saturated heterocycles. The van der Waals surface area contributed by atoms with Crippen LogP contribution in [0.25, 0.3) is 10.9 Å². The Morgan fingerprint density at radius 3 is 2.52 bits per heavy atom. The molecule has 1 aromatic heterocycles. The second-order valence-corrected chi connectivity index (χ2v) is 7.46. The Morgan fingerprint density at radius 1 is 1.08 bits per heavy atom. The van der Waals surface area contributed by atoms with Crippen molar-refractivity contribution in [2.45, 2.75) is 26.2 Å². The second-order valence-electron chi connectivity index (χ2n) is 7.02. The fourth-order valence-corrected chi connectivity index (χ4v) is 2.98. The molecule has 0 spiro atoms. The number of halogens is 1. The van der Waals surface area contributed by atoms with Crippen molar-refractivity contribution >= 4 is 34.1 Å². The molecule has 3 aromatic rings. The molecule has 0 radical (unpaired) electrons. The molecular formula is C20H19ClN2O2. The number of amides is 1. The average molecular weight is 355 g/mol. The average Bonchev–Trinajstić information content (AvgIpc) is 2.52. The molecule has 25 heavy (non-hydrogen) atoms. The Bertz CT molecular complexity index is 1020. The highest BCUT2D eigenvalue weighted by Gasteiger charge is 2.18. The van der Waals surface area contributed by atoms with Crippen LogP contribution in [0.1, 0.15) is 36.7 Å². The van der Waals surface area contributed by atoms with Crippen molar-refractivity contribution in [1.82, 2.24) is 4.98 Å². The van der Waals surface area contributed by atoms with Crippen molar-refractivity contribution in [3.05, 3.63) is 75.0 Å². The SMILES string of the molecule is CC(C)(C)c1cc(=O)[nH]c2cc(NC(=O)c3cccc(Cl)c3)ccc12. The van der Waals surface area contributed by atoms with Gasteiger partial charge < -0.3 is 10.3 Å². The number of benzene rings is 2. The first-order valence-electron chi connectivity index (χ1n) is 7.98. The van der Waals surface area contributed by atoms with E-state index < -0.39 is 0 Å². The molecule has 0 aliphatic carbocycles. The van der Waals surface area contributed by atoms with Crippen molar-refractivity contribution in [3.8, 4) is 0 Å². The summed E-state index contributed by atoms with van der Waals surface area (Å²) in [5, 5.41) is 4.31. The number of aromatic nitrogens is 1. The number of H-pyrrole nitrogens is 1. The minimum Gasteiger partial charge on any atom is -0.322 e. The van der Waals surface area contributed by atoms with E-state index in [0.29, 0.717) is 21.8 Å². The van der Waals surface area contributed by atoms with Gasteiger partial charge in [0.2, 0.25) is 5.56 Å². The number of pyridine rings is 1. The van der Waals surface area contributed by atoms with Crippen molar-refractivity contribution in [3.63, 3.8) is 0 Å². The lowest BCUT2D eigenvalue weighted by atomic mass is 9.85. The molecule has 2 aromatic carbocycles. The molecule has 1 amide bonds. The van der Waals surface area contributed by atoms with Crippen LogP contribution in [0.3, 0.4) is 0 Å². The molecule has 0 unspecified atom stereocenters. The van der Waals surface area contributed by atoms with Crippen molar-refractivity contribution < 1.29 is 4.79 Å². The molecule has 5 heteroatoms. The summed E-state index contributed by atoms with van der Waals surface area (Å²) in [6, 6.07) is 13.9. The summed E-state index contributed by atoms with van der Waals surface area (Å²) in [6.45, 7) is 6.20. The summed E-state index contributed by atoms with van der Waals surface area (Å²) < 4.78 is 0. The van der Waals surface area contributed by atoms with E-state index in [2.05, 4.69) is 31.1 Å². The highest BCUT2D eigenvalue weighted by Crippen LogP contribution is 2.29. The number of nitrogens with one attached hydrogen (secondary N) is 2. The monoisotopic (exact) mass is 354 g/mol. The van der Waals surface area contributed by atoms with Crippen LogP contribution in [0.4, 0.5) is 5.69 Å². The standard InChI is InChI=1S/C20H19ClN2O2/c1-20(2,3)16-11-18(24)23-17-10-14(7-8-15(16)17)22-19(25)12-5-4-6-13(21)9-12/h4-11H,1-3H3,(H,22,25)(H,23,24). The largest absolute Gasteiger partial charge is 0.322 e. The first kappa shape index (κ1) is 17.2. The minimum absolute atomic E-state index is 0.155. The van der Waals surface area contributed by atoms with E-state index in [4.69, 9.17) is 11.6 Å². The molecule has 0 bridgehead atoms. The van der Waals surface area contributed by atoms with Crippen LogP contribution in [0.15, 0.2) is 53.3 Å². The highest BCUT2D eigenvalue weighted by atomic mass is 35.5. The zero-order chi connectivity index (χ0) is 18.2. The first-order valence-corrected chi connectivity index (χ1v) is 8.36. The van der Waals surface area contributed by atoms with Gasteiger partial charge in [0.25, 0.3) is 5.91 Å². The maximum atomic E-state index is 12.4. The number of hydrogen-bond donors (Lipinski definition) is 2. The van der Waals surface area contributed by atoms with Crippen molar-refractivity contribution in [2.75, 3.05) is 5.32 Å². The number of carbonyl (C=O) groups excluding carboxylic acids is 1. The predicted molar refractivity (Wildman–Crippen MR) is 103 cm³/mol. The highest BCUT2D eigenvalue weighted by molar-refractivity contribution is 6.31. The van der Waals surface area contributed by atoms with Crippen LogP contribution in [0.5, 0.6) is 0 Å². The smallest absolute Gasteiger partial charge is 0.255 e. The summed E-state index contributed by atoms with van der Waals surface area (Å²) in [5.41, 5.74) is 2.44. The molecule has 0 aliphatic rings. The maximum Gasteiger partial charge on any atom is 0.255 e. The third-order valence-corrected chi connectivity index (χ3v) is 4.23. The van der Waals surface area contributed by atoms with Gasteiger partial charge in [-0.2, -0.15) is 0 Å². The molecule has 0 atom stereocenters. The predicted octanol–water partition coefficient (Wildman–Crippen LogP) is 4.73. The lowest BCUT2D eigenvalue weighted by Crippen LogP contribution is -2.17. The Kier molecular flexibility index (Phi) is 4.39. The molecule has 128 valence electrons. The minimum atomic E-state index is -0.254. The van der Waals surface area contributed by atoms with Gasteiger partial charge in [-0.15, -0.1) is 0 Å². The van der Waals surface area contributed by atoms with E-state index in [1.807, 2.05) is 12.1 Å². The van der Waals surface area contributed by atoms with Crippen LogP contribution in [-0.2, 0) is 5.41 Å². The van der Waals surface area contributed by atoms with E-state index >= 15 is 0 Å². The number of fused-ring (bicyclic) bond motifs is 1. The Hall–Kier alpha value is -2.59. The quantitative estimate of drug-likeness (QED) is 0.698. The number of aromatic amines is 1. The topological polar surface area (TPSA) is 62.0 Å². The van der Waals surface area contributed by atoms with Gasteiger partial charge in [-0.1, -0.05) is 44.5 Å². The van der Waals surface area contributed by atoms with Gasteiger partial charge in [-0.25, -0.2) is 0 Å². The van der Waals surface area contributed by atoms with Gasteiger partial charge in [-0.05, 0) is 41.3 Å². The normalized spacial score (nSPS) is 11.5. The fraction of sp³-hybridized carbons (Fsp3) is 0.200. The molecule has 1 heterocycles. The zero-order valence-electron chi connectivity index (χ0n) is 14.3. The molecule has 3 rings (SSSR count). The fourth-order valence-electron chi connectivity index (χ4n) is 2.79. The summed E-state index contributed by atoms with van der Waals surface area (Å²) >= 11 is 5.93. The van der Waals surface area contributed by atoms with E-state index in [1.54, 1.807) is 36.4 Å². The Morgan fingerprint density at radius 2 is 1.84 bits per heavy atom. The van der Waals surface area contributed by atoms with Gasteiger partial charge in [0.1, 0.15) is 0 Å². The van der Waals surface area contributed by atoms with Crippen LogP contribution in [-0.4, -0.2) is 10.9 Å². The third-order valence-electron chi connectivity index (χ3n) is 4.00. The molecule has 4 nitrogen and oxygen atoms in total. The summed E-state index contributed by atoms with van der Waals surface area (Å²) in [5.74, 6) is -0.254. The van der Waals surface area contributed by atoms with Gasteiger partial charge in [0, 0.05) is 27.7 Å². The summed E-state index contributed by atoms with van der Waals surface area (Å²) in [6.07, 6.45) is 0. The van der Waals surface area contributed by atoms with Gasteiger partial charge >= 0.3 is 0 Å². The molecule has 0 fully saturated rings. The van der Waals surface area contributed by atoms with Gasteiger partial charge in [0.15, 0.2) is 0 Å². The zero-order valence-corrected chi connectivity index (χ0v) is 15.1. The number of anilines is 1. The van der Waals surface area contributed by atoms with E-state index in [0.717, 1.165) is 10.9 Å². The van der Waals surface area contributed by atoms with Gasteiger partial charge in [0.05, 0.1) is 5.52 Å². The summed E-state index contributed by atoms with van der Waals surface area (Å²) in [7, 11) is 0. The molecule has 0 saturated carbocycles. The first-order chi connectivity index (χ1) is 11.7. The van der Waals surface area contributed by atoms with Crippen LogP contribution < -0.4 is 10.9 Å². The van der Waals surface area contributed by atoms with E-state index in [9.17, 15) is 9.59 Å². The van der Waals surface area contributed by atoms with Crippen LogP contribution in [0, 0.1) is 0 Å². The Balaban J connectivity index is 1.99. The molecule has 2 N–H and O–H groups in total. The van der Waals surface area contributed by atoms with Crippen LogP contribution in [0.2, 0.25) is 5.02 Å². The maximum absolute atomic E-state index is 12.4. The molecule has 0 aliphatic heterocycles. The van der Waals surface area contributed by atoms with Crippen molar-refractivity contribution in [2.24, 2.45) is 0 Å². The third kappa shape index (κ3) is 3.74. The summed E-state index contributed by atoms with van der Waals surface area (Å²) in [4.78, 5) is 27.2.